The molecule has 5 heteroatoms. The Hall–Kier alpha value is -1.98. The molecule has 0 aromatic heterocycles. The molecule has 0 saturated heterocycles. The highest BCUT2D eigenvalue weighted by molar-refractivity contribution is 7.85. The van der Waals surface area contributed by atoms with E-state index in [1.165, 1.54) is 18.2 Å². The third-order valence-electron chi connectivity index (χ3n) is 3.07. The summed E-state index contributed by atoms with van der Waals surface area (Å²) < 4.78 is 31.3. The lowest BCUT2D eigenvalue weighted by Gasteiger charge is -2.07. The Balaban J connectivity index is 2.52. The molecular formula is C15H14O4S. The van der Waals surface area contributed by atoms with Gasteiger partial charge in [0, 0.05) is 11.1 Å². The predicted molar refractivity (Wildman–Crippen MR) is 75.6 cm³/mol. The summed E-state index contributed by atoms with van der Waals surface area (Å²) >= 11 is 0. The molecule has 0 bridgehead atoms. The van der Waals surface area contributed by atoms with Gasteiger partial charge in [0.25, 0.3) is 10.1 Å². The van der Waals surface area contributed by atoms with Gasteiger partial charge in [0.1, 0.15) is 0 Å². The lowest BCUT2D eigenvalue weighted by molar-refractivity contribution is 0.103. The van der Waals surface area contributed by atoms with Crippen molar-refractivity contribution in [2.45, 2.75) is 18.7 Å². The molecule has 0 aliphatic rings. The van der Waals surface area contributed by atoms with E-state index in [9.17, 15) is 13.2 Å². The number of aryl methyl sites for hydroxylation is 2. The number of carbonyl (C=O) groups excluding carboxylic acids is 1. The van der Waals surface area contributed by atoms with Gasteiger partial charge in [0.15, 0.2) is 5.78 Å². The van der Waals surface area contributed by atoms with Gasteiger partial charge in [-0.15, -0.1) is 0 Å². The maximum absolute atomic E-state index is 12.4. The van der Waals surface area contributed by atoms with Crippen LogP contribution in [0, 0.1) is 13.8 Å². The van der Waals surface area contributed by atoms with Gasteiger partial charge < -0.3 is 0 Å². The van der Waals surface area contributed by atoms with Gasteiger partial charge in [-0.2, -0.15) is 8.42 Å². The Kier molecular flexibility index (Phi) is 3.74. The van der Waals surface area contributed by atoms with Crippen LogP contribution in [0.3, 0.4) is 0 Å². The SMILES string of the molecule is Cc1ccc(C(=O)c2cc(S(=O)(=O)O)ccc2C)cc1. The number of hydrogen-bond acceptors (Lipinski definition) is 3. The summed E-state index contributed by atoms with van der Waals surface area (Å²) in [5.74, 6) is -0.270. The predicted octanol–water partition coefficient (Wildman–Crippen LogP) is 2.78. The summed E-state index contributed by atoms with van der Waals surface area (Å²) in [5, 5.41) is 0. The molecule has 104 valence electrons. The van der Waals surface area contributed by atoms with Gasteiger partial charge >= 0.3 is 0 Å². The largest absolute Gasteiger partial charge is 0.294 e. The van der Waals surface area contributed by atoms with Crippen LogP contribution in [0.5, 0.6) is 0 Å². The van der Waals surface area contributed by atoms with Crippen molar-refractivity contribution >= 4 is 15.9 Å². The first-order valence-corrected chi connectivity index (χ1v) is 7.42. The summed E-state index contributed by atoms with van der Waals surface area (Å²) in [7, 11) is -4.32. The van der Waals surface area contributed by atoms with Gasteiger partial charge in [-0.25, -0.2) is 0 Å². The standard InChI is InChI=1S/C15H14O4S/c1-10-3-6-12(7-4-10)15(16)14-9-13(20(17,18)19)8-5-11(14)2/h3-9H,1-2H3,(H,17,18,19). The number of hydrogen-bond donors (Lipinski definition) is 1. The molecule has 0 spiro atoms. The minimum absolute atomic E-state index is 0.268. The lowest BCUT2D eigenvalue weighted by atomic mass is 9.98. The monoisotopic (exact) mass is 290 g/mol. The minimum atomic E-state index is -4.32. The van der Waals surface area contributed by atoms with Gasteiger partial charge in [-0.3, -0.25) is 9.35 Å². The Morgan fingerprint density at radius 2 is 1.60 bits per heavy atom. The van der Waals surface area contributed by atoms with Crippen LogP contribution in [0.15, 0.2) is 47.4 Å². The van der Waals surface area contributed by atoms with Crippen LogP contribution in [0.4, 0.5) is 0 Å². The highest BCUT2D eigenvalue weighted by Gasteiger charge is 2.16. The molecule has 1 N–H and O–H groups in total. The third-order valence-corrected chi connectivity index (χ3v) is 3.91. The molecule has 0 saturated carbocycles. The maximum Gasteiger partial charge on any atom is 0.294 e. The van der Waals surface area contributed by atoms with Crippen LogP contribution in [-0.4, -0.2) is 18.8 Å². The van der Waals surface area contributed by atoms with Crippen molar-refractivity contribution in [2.24, 2.45) is 0 Å². The molecule has 4 nitrogen and oxygen atoms in total. The molecule has 2 aromatic carbocycles. The van der Waals surface area contributed by atoms with Crippen molar-refractivity contribution in [3.63, 3.8) is 0 Å². The van der Waals surface area contributed by atoms with E-state index in [-0.39, 0.29) is 16.2 Å². The zero-order chi connectivity index (χ0) is 14.9. The molecule has 0 aliphatic heterocycles. The van der Waals surface area contributed by atoms with Gasteiger partial charge in [0.2, 0.25) is 0 Å². The van der Waals surface area contributed by atoms with Crippen molar-refractivity contribution in [1.82, 2.24) is 0 Å². The van der Waals surface area contributed by atoms with Gasteiger partial charge in [-0.05, 0) is 31.5 Å². The van der Waals surface area contributed by atoms with Crippen LogP contribution in [0.1, 0.15) is 27.0 Å². The number of rotatable bonds is 3. The van der Waals surface area contributed by atoms with E-state index in [0.29, 0.717) is 11.1 Å². The number of ketones is 1. The molecular weight excluding hydrogens is 276 g/mol. The van der Waals surface area contributed by atoms with E-state index in [1.807, 2.05) is 19.1 Å². The zero-order valence-corrected chi connectivity index (χ0v) is 11.9. The van der Waals surface area contributed by atoms with Crippen LogP contribution in [0.2, 0.25) is 0 Å². The van der Waals surface area contributed by atoms with Crippen molar-refractivity contribution in [3.05, 3.63) is 64.7 Å². The molecule has 0 atom stereocenters. The fourth-order valence-corrected chi connectivity index (χ4v) is 2.37. The van der Waals surface area contributed by atoms with E-state index >= 15 is 0 Å². The summed E-state index contributed by atoms with van der Waals surface area (Å²) in [4.78, 5) is 12.1. The van der Waals surface area contributed by atoms with Gasteiger partial charge in [0.05, 0.1) is 4.90 Å². The van der Waals surface area contributed by atoms with Crippen molar-refractivity contribution in [3.8, 4) is 0 Å². The molecule has 0 heterocycles. The maximum atomic E-state index is 12.4. The molecule has 0 radical (unpaired) electrons. The quantitative estimate of drug-likeness (QED) is 0.697. The highest BCUT2D eigenvalue weighted by atomic mass is 32.2. The second kappa shape index (κ2) is 5.19. The van der Waals surface area contributed by atoms with Crippen LogP contribution in [-0.2, 0) is 10.1 Å². The lowest BCUT2D eigenvalue weighted by Crippen LogP contribution is -2.07. The van der Waals surface area contributed by atoms with Crippen LogP contribution in [0.25, 0.3) is 0 Å². The van der Waals surface area contributed by atoms with Crippen LogP contribution < -0.4 is 0 Å². The first kappa shape index (κ1) is 14.4. The summed E-state index contributed by atoms with van der Waals surface area (Å²) in [5.41, 5.74) is 2.43. The van der Waals surface area contributed by atoms with Gasteiger partial charge in [-0.1, -0.05) is 35.9 Å². The molecule has 0 unspecified atom stereocenters. The molecule has 0 fully saturated rings. The summed E-state index contributed by atoms with van der Waals surface area (Å²) in [6, 6.07) is 11.0. The van der Waals surface area contributed by atoms with Crippen molar-refractivity contribution in [1.29, 1.82) is 0 Å². The normalized spacial score (nSPS) is 11.3. The van der Waals surface area contributed by atoms with Crippen molar-refractivity contribution in [2.75, 3.05) is 0 Å². The molecule has 0 amide bonds. The second-order valence-electron chi connectivity index (χ2n) is 4.65. The van der Waals surface area contributed by atoms with E-state index in [1.54, 1.807) is 19.1 Å². The Labute approximate surface area is 117 Å². The second-order valence-corrected chi connectivity index (χ2v) is 6.07. The topological polar surface area (TPSA) is 71.4 Å². The van der Waals surface area contributed by atoms with E-state index in [2.05, 4.69) is 0 Å². The number of benzene rings is 2. The number of carbonyl (C=O) groups is 1. The Morgan fingerprint density at radius 1 is 1.00 bits per heavy atom. The van der Waals surface area contributed by atoms with Crippen molar-refractivity contribution < 1.29 is 17.8 Å². The average molecular weight is 290 g/mol. The van der Waals surface area contributed by atoms with E-state index in [0.717, 1.165) is 5.56 Å². The Morgan fingerprint density at radius 3 is 2.15 bits per heavy atom. The Bertz CT molecular complexity index is 759. The fourth-order valence-electron chi connectivity index (χ4n) is 1.87. The summed E-state index contributed by atoms with van der Waals surface area (Å²) in [6.07, 6.45) is 0. The molecule has 2 rings (SSSR count). The minimum Gasteiger partial charge on any atom is -0.289 e. The average Bonchev–Trinajstić information content (AvgIpc) is 2.38. The zero-order valence-electron chi connectivity index (χ0n) is 11.1. The molecule has 20 heavy (non-hydrogen) atoms. The first-order valence-electron chi connectivity index (χ1n) is 5.98. The van der Waals surface area contributed by atoms with E-state index < -0.39 is 10.1 Å². The molecule has 2 aromatic rings. The highest BCUT2D eigenvalue weighted by Crippen LogP contribution is 2.19. The van der Waals surface area contributed by atoms with Crippen LogP contribution >= 0.6 is 0 Å². The smallest absolute Gasteiger partial charge is 0.289 e. The first-order chi connectivity index (χ1) is 9.29. The van der Waals surface area contributed by atoms with E-state index in [4.69, 9.17) is 4.55 Å². The molecule has 0 aliphatic carbocycles. The summed E-state index contributed by atoms with van der Waals surface area (Å²) in [6.45, 7) is 3.63. The fraction of sp³-hybridized carbons (Fsp3) is 0.133. The third kappa shape index (κ3) is 2.95.